The van der Waals surface area contributed by atoms with Crippen LogP contribution >= 0.6 is 0 Å². The van der Waals surface area contributed by atoms with Crippen LogP contribution in [0.3, 0.4) is 0 Å². The molecule has 0 fully saturated rings. The summed E-state index contributed by atoms with van der Waals surface area (Å²) in [5, 5.41) is 0. The number of nitrogens with zero attached hydrogens (tertiary/aromatic N) is 2. The fourth-order valence-corrected chi connectivity index (χ4v) is 5.72. The number of unbranched alkanes of at least 4 members (excludes halogenated alkanes) is 26. The molecule has 0 aromatic rings. The molecule has 0 aliphatic rings. The number of likely N-dealkylation sites (N-methyl/N-ethyl adjacent to an activating group) is 2. The lowest BCUT2D eigenvalue weighted by molar-refractivity contribution is 0.249. The van der Waals surface area contributed by atoms with Gasteiger partial charge in [0.25, 0.3) is 0 Å². The van der Waals surface area contributed by atoms with Crippen molar-refractivity contribution in [3.8, 4) is 0 Å². The van der Waals surface area contributed by atoms with E-state index in [4.69, 9.17) is 0 Å². The Kier molecular flexibility index (Phi) is 33.1. The van der Waals surface area contributed by atoms with E-state index >= 15 is 0 Å². The standard InChI is InChI=1S/C36H76N2/c1-5-7-9-11-13-15-17-19-20-21-22-24-26-28-30-32-34-38(4)36-35-37(3)33-31-29-27-25-23-18-16-14-12-10-8-6-2/h5-36H2,1-4H3. The minimum Gasteiger partial charge on any atom is -0.305 e. The van der Waals surface area contributed by atoms with Gasteiger partial charge in [-0.3, -0.25) is 0 Å². The molecule has 0 aromatic carbocycles. The van der Waals surface area contributed by atoms with Crippen molar-refractivity contribution in [3.63, 3.8) is 0 Å². The van der Waals surface area contributed by atoms with E-state index in [9.17, 15) is 0 Å². The van der Waals surface area contributed by atoms with Crippen LogP contribution < -0.4 is 0 Å². The maximum Gasteiger partial charge on any atom is 0.0106 e. The highest BCUT2D eigenvalue weighted by Crippen LogP contribution is 2.14. The summed E-state index contributed by atoms with van der Waals surface area (Å²) < 4.78 is 0. The number of hydrogen-bond acceptors (Lipinski definition) is 2. The average molecular weight is 537 g/mol. The van der Waals surface area contributed by atoms with Crippen LogP contribution in [0.25, 0.3) is 0 Å². The van der Waals surface area contributed by atoms with E-state index in [1.165, 1.54) is 206 Å². The zero-order chi connectivity index (χ0) is 27.8. The van der Waals surface area contributed by atoms with Crippen molar-refractivity contribution in [3.05, 3.63) is 0 Å². The van der Waals surface area contributed by atoms with Crippen molar-refractivity contribution >= 4 is 0 Å². The quantitative estimate of drug-likeness (QED) is 0.0769. The van der Waals surface area contributed by atoms with E-state index in [0.717, 1.165) is 0 Å². The van der Waals surface area contributed by atoms with Gasteiger partial charge in [-0.1, -0.05) is 181 Å². The van der Waals surface area contributed by atoms with Crippen molar-refractivity contribution in [1.82, 2.24) is 9.80 Å². The minimum absolute atomic E-state index is 1.23. The first-order valence-corrected chi connectivity index (χ1v) is 18.1. The van der Waals surface area contributed by atoms with Crippen LogP contribution in [0.1, 0.15) is 194 Å². The van der Waals surface area contributed by atoms with E-state index in [2.05, 4.69) is 37.7 Å². The highest BCUT2D eigenvalue weighted by Gasteiger charge is 2.03. The van der Waals surface area contributed by atoms with Gasteiger partial charge in [-0.05, 0) is 40.0 Å². The van der Waals surface area contributed by atoms with Gasteiger partial charge in [0.05, 0.1) is 0 Å². The zero-order valence-corrected chi connectivity index (χ0v) is 27.5. The van der Waals surface area contributed by atoms with Crippen LogP contribution in [0.2, 0.25) is 0 Å². The van der Waals surface area contributed by atoms with Crippen molar-refractivity contribution in [1.29, 1.82) is 0 Å². The Balaban J connectivity index is 3.26. The molecule has 0 radical (unpaired) electrons. The SMILES string of the molecule is CCCCCCCCCCCCCCCCCCN(C)CCN(C)CCCCCCCCCCCCCC. The van der Waals surface area contributed by atoms with Crippen molar-refractivity contribution < 1.29 is 0 Å². The molecule has 0 amide bonds. The Labute approximate surface area is 243 Å². The first-order chi connectivity index (χ1) is 18.7. The second kappa shape index (κ2) is 33.1. The summed E-state index contributed by atoms with van der Waals surface area (Å²) in [5.41, 5.74) is 0. The molecular formula is C36H76N2. The second-order valence-electron chi connectivity index (χ2n) is 12.8. The molecule has 230 valence electrons. The van der Waals surface area contributed by atoms with Gasteiger partial charge in [0.15, 0.2) is 0 Å². The van der Waals surface area contributed by atoms with Gasteiger partial charge in [0.2, 0.25) is 0 Å². The minimum atomic E-state index is 1.23. The van der Waals surface area contributed by atoms with Gasteiger partial charge in [0.1, 0.15) is 0 Å². The molecule has 38 heavy (non-hydrogen) atoms. The highest BCUT2D eigenvalue weighted by atomic mass is 15.2. The van der Waals surface area contributed by atoms with Gasteiger partial charge >= 0.3 is 0 Å². The Morgan fingerprint density at radius 3 is 0.632 bits per heavy atom. The Hall–Kier alpha value is -0.0800. The predicted octanol–water partition coefficient (Wildman–Crippen LogP) is 11.8. The molecule has 0 bridgehead atoms. The summed E-state index contributed by atoms with van der Waals surface area (Å²) in [6.07, 6.45) is 40.6. The summed E-state index contributed by atoms with van der Waals surface area (Å²) in [4.78, 5) is 5.11. The molecule has 2 heteroatoms. The normalized spacial score (nSPS) is 11.8. The Bertz CT molecular complexity index is 410. The summed E-state index contributed by atoms with van der Waals surface area (Å²) in [5.74, 6) is 0. The van der Waals surface area contributed by atoms with Crippen molar-refractivity contribution in [2.75, 3.05) is 40.3 Å². The fourth-order valence-electron chi connectivity index (χ4n) is 5.72. The van der Waals surface area contributed by atoms with Crippen LogP contribution in [0.5, 0.6) is 0 Å². The third-order valence-electron chi connectivity index (χ3n) is 8.65. The Morgan fingerprint density at radius 2 is 0.421 bits per heavy atom. The molecule has 0 saturated heterocycles. The average Bonchev–Trinajstić information content (AvgIpc) is 2.92. The summed E-state index contributed by atoms with van der Waals surface area (Å²) in [6, 6.07) is 0. The predicted molar refractivity (Wildman–Crippen MR) is 176 cm³/mol. The monoisotopic (exact) mass is 537 g/mol. The van der Waals surface area contributed by atoms with Gasteiger partial charge in [-0.15, -0.1) is 0 Å². The molecule has 0 heterocycles. The molecule has 0 spiro atoms. The van der Waals surface area contributed by atoms with Crippen LogP contribution in [-0.4, -0.2) is 50.1 Å². The largest absolute Gasteiger partial charge is 0.305 e. The molecule has 0 aliphatic heterocycles. The Morgan fingerprint density at radius 1 is 0.237 bits per heavy atom. The molecule has 0 aliphatic carbocycles. The van der Waals surface area contributed by atoms with Crippen LogP contribution in [0.15, 0.2) is 0 Å². The van der Waals surface area contributed by atoms with Crippen LogP contribution in [-0.2, 0) is 0 Å². The van der Waals surface area contributed by atoms with Crippen LogP contribution in [0, 0.1) is 0 Å². The third kappa shape index (κ3) is 32.1. The highest BCUT2D eigenvalue weighted by molar-refractivity contribution is 4.59. The van der Waals surface area contributed by atoms with Gasteiger partial charge in [-0.2, -0.15) is 0 Å². The number of rotatable bonds is 33. The summed E-state index contributed by atoms with van der Waals surface area (Å²) in [7, 11) is 4.64. The second-order valence-corrected chi connectivity index (χ2v) is 12.8. The maximum atomic E-state index is 2.56. The van der Waals surface area contributed by atoms with Gasteiger partial charge in [-0.25, -0.2) is 0 Å². The third-order valence-corrected chi connectivity index (χ3v) is 8.65. The summed E-state index contributed by atoms with van der Waals surface area (Å²) >= 11 is 0. The lowest BCUT2D eigenvalue weighted by atomic mass is 10.0. The fraction of sp³-hybridized carbons (Fsp3) is 1.00. The molecule has 0 unspecified atom stereocenters. The van der Waals surface area contributed by atoms with Gasteiger partial charge in [0, 0.05) is 13.1 Å². The van der Waals surface area contributed by atoms with E-state index < -0.39 is 0 Å². The summed E-state index contributed by atoms with van der Waals surface area (Å²) in [6.45, 7) is 9.63. The molecule has 2 nitrogen and oxygen atoms in total. The van der Waals surface area contributed by atoms with E-state index in [1.54, 1.807) is 0 Å². The van der Waals surface area contributed by atoms with E-state index in [0.29, 0.717) is 0 Å². The van der Waals surface area contributed by atoms with Gasteiger partial charge < -0.3 is 9.80 Å². The lowest BCUT2D eigenvalue weighted by Crippen LogP contribution is -2.32. The molecule has 0 aromatic heterocycles. The van der Waals surface area contributed by atoms with Crippen LogP contribution in [0.4, 0.5) is 0 Å². The molecule has 0 rings (SSSR count). The zero-order valence-electron chi connectivity index (χ0n) is 27.5. The molecular weight excluding hydrogens is 460 g/mol. The lowest BCUT2D eigenvalue weighted by Gasteiger charge is -2.22. The molecule has 0 atom stereocenters. The first-order valence-electron chi connectivity index (χ1n) is 18.1. The van der Waals surface area contributed by atoms with Crippen molar-refractivity contribution in [2.45, 2.75) is 194 Å². The topological polar surface area (TPSA) is 6.48 Å². The van der Waals surface area contributed by atoms with E-state index in [1.807, 2.05) is 0 Å². The smallest absolute Gasteiger partial charge is 0.0106 e. The van der Waals surface area contributed by atoms with E-state index in [-0.39, 0.29) is 0 Å². The van der Waals surface area contributed by atoms with Crippen molar-refractivity contribution in [2.24, 2.45) is 0 Å². The molecule has 0 N–H and O–H groups in total. The molecule has 0 saturated carbocycles. The first kappa shape index (κ1) is 37.9. The maximum absolute atomic E-state index is 2.56. The number of hydrogen-bond donors (Lipinski definition) is 0.